The molecule has 1 aromatic rings. The predicted octanol–water partition coefficient (Wildman–Crippen LogP) is 2.62. The number of rotatable bonds is 3. The van der Waals surface area contributed by atoms with Gasteiger partial charge in [-0.3, -0.25) is 0 Å². The van der Waals surface area contributed by atoms with Crippen LogP contribution in [-0.4, -0.2) is 14.0 Å². The van der Waals surface area contributed by atoms with Crippen molar-refractivity contribution >= 4 is 47.6 Å². The first kappa shape index (κ1) is 13.3. The maximum Gasteiger partial charge on any atom is 0.244 e. The van der Waals surface area contributed by atoms with E-state index in [1.165, 1.54) is 0 Å². The molecule has 94 valence electrons. The van der Waals surface area contributed by atoms with Crippen LogP contribution < -0.4 is 10.5 Å². The molecular weight excluding hydrogens is 372 g/mol. The fraction of sp³-hybridized carbons (Fsp3) is 0.400. The molecule has 4 nitrogen and oxygen atoms in total. The maximum atomic E-state index is 12.2. The summed E-state index contributed by atoms with van der Waals surface area (Å²) in [6.45, 7) is 1.88. The lowest BCUT2D eigenvalue weighted by Gasteiger charge is -2.15. The van der Waals surface area contributed by atoms with Gasteiger partial charge in [0.15, 0.2) is 0 Å². The zero-order valence-electron chi connectivity index (χ0n) is 9.13. The number of halogens is 2. The first-order valence-electron chi connectivity index (χ1n) is 5.02. The number of anilines is 1. The van der Waals surface area contributed by atoms with Gasteiger partial charge in [0.25, 0.3) is 0 Å². The van der Waals surface area contributed by atoms with Crippen LogP contribution in [0, 0.1) is 0 Å². The highest BCUT2D eigenvalue weighted by Crippen LogP contribution is 2.38. The molecule has 2 rings (SSSR count). The monoisotopic (exact) mass is 382 g/mol. The van der Waals surface area contributed by atoms with Gasteiger partial charge in [-0.1, -0.05) is 15.9 Å². The van der Waals surface area contributed by atoms with Crippen LogP contribution in [0.25, 0.3) is 0 Å². The average Bonchev–Trinajstić information content (AvgIpc) is 2.78. The third-order valence-corrected chi connectivity index (χ3v) is 5.79. The summed E-state index contributed by atoms with van der Waals surface area (Å²) in [5.74, 6) is 0. The molecule has 7 heteroatoms. The number of nitrogens with one attached hydrogen (secondary N) is 1. The molecule has 1 aromatic carbocycles. The van der Waals surface area contributed by atoms with Crippen molar-refractivity contribution in [3.8, 4) is 0 Å². The largest absolute Gasteiger partial charge is 0.398 e. The van der Waals surface area contributed by atoms with Crippen molar-refractivity contribution in [1.82, 2.24) is 4.72 Å². The normalized spacial score (nSPS) is 18.1. The van der Waals surface area contributed by atoms with Crippen molar-refractivity contribution in [3.63, 3.8) is 0 Å². The molecule has 0 heterocycles. The summed E-state index contributed by atoms with van der Waals surface area (Å²) in [7, 11) is -3.58. The molecule has 0 spiro atoms. The highest BCUT2D eigenvalue weighted by Gasteiger charge is 2.42. The van der Waals surface area contributed by atoms with E-state index in [2.05, 4.69) is 36.6 Å². The summed E-state index contributed by atoms with van der Waals surface area (Å²) in [5, 5.41) is 0. The molecule has 17 heavy (non-hydrogen) atoms. The molecule has 0 radical (unpaired) electrons. The van der Waals surface area contributed by atoms with Crippen LogP contribution in [0.3, 0.4) is 0 Å². The van der Waals surface area contributed by atoms with E-state index in [9.17, 15) is 8.42 Å². The topological polar surface area (TPSA) is 72.2 Å². The number of nitrogen functional groups attached to an aromatic ring is 1. The summed E-state index contributed by atoms with van der Waals surface area (Å²) >= 11 is 6.49. The van der Waals surface area contributed by atoms with E-state index in [-0.39, 0.29) is 16.1 Å². The Labute approximate surface area is 117 Å². The Morgan fingerprint density at radius 2 is 1.94 bits per heavy atom. The molecule has 0 atom stereocenters. The van der Waals surface area contributed by atoms with Crippen LogP contribution in [0.15, 0.2) is 26.0 Å². The molecule has 0 bridgehead atoms. The fourth-order valence-electron chi connectivity index (χ4n) is 1.53. The summed E-state index contributed by atoms with van der Waals surface area (Å²) < 4.78 is 28.3. The first-order valence-corrected chi connectivity index (χ1v) is 8.09. The second kappa shape index (κ2) is 4.22. The quantitative estimate of drug-likeness (QED) is 0.788. The smallest absolute Gasteiger partial charge is 0.244 e. The highest BCUT2D eigenvalue weighted by atomic mass is 79.9. The van der Waals surface area contributed by atoms with E-state index < -0.39 is 10.0 Å². The van der Waals surface area contributed by atoms with Crippen LogP contribution in [0.5, 0.6) is 0 Å². The first-order chi connectivity index (χ1) is 7.73. The summed E-state index contributed by atoms with van der Waals surface area (Å²) in [6.07, 6.45) is 1.72. The lowest BCUT2D eigenvalue weighted by molar-refractivity contribution is 0.558. The van der Waals surface area contributed by atoms with E-state index in [1.807, 2.05) is 6.92 Å². The highest BCUT2D eigenvalue weighted by molar-refractivity contribution is 9.11. The Balaban J connectivity index is 2.46. The van der Waals surface area contributed by atoms with E-state index in [0.717, 1.165) is 17.3 Å². The van der Waals surface area contributed by atoms with Gasteiger partial charge in [0.1, 0.15) is 4.90 Å². The number of benzene rings is 1. The Morgan fingerprint density at radius 3 is 2.41 bits per heavy atom. The van der Waals surface area contributed by atoms with Crippen molar-refractivity contribution in [2.45, 2.75) is 30.2 Å². The van der Waals surface area contributed by atoms with Gasteiger partial charge < -0.3 is 5.73 Å². The summed E-state index contributed by atoms with van der Waals surface area (Å²) in [6, 6.07) is 3.24. The van der Waals surface area contributed by atoms with Crippen LogP contribution >= 0.6 is 31.9 Å². The van der Waals surface area contributed by atoms with Gasteiger partial charge in [0.05, 0.1) is 5.69 Å². The molecule has 0 aromatic heterocycles. The zero-order chi connectivity index (χ0) is 12.8. The molecule has 0 saturated heterocycles. The third kappa shape index (κ3) is 2.83. The zero-order valence-corrected chi connectivity index (χ0v) is 13.1. The molecule has 1 aliphatic carbocycles. The second-order valence-electron chi connectivity index (χ2n) is 4.47. The summed E-state index contributed by atoms with van der Waals surface area (Å²) in [5.41, 5.74) is 5.69. The van der Waals surface area contributed by atoms with E-state index in [0.29, 0.717) is 4.47 Å². The average molecular weight is 384 g/mol. The van der Waals surface area contributed by atoms with Gasteiger partial charge in [-0.2, -0.15) is 0 Å². The Kier molecular flexibility index (Phi) is 3.31. The van der Waals surface area contributed by atoms with Crippen molar-refractivity contribution in [2.75, 3.05) is 5.73 Å². The van der Waals surface area contributed by atoms with Gasteiger partial charge in [-0.15, -0.1) is 0 Å². The lowest BCUT2D eigenvalue weighted by atomic mass is 10.3. The van der Waals surface area contributed by atoms with Gasteiger partial charge in [-0.25, -0.2) is 13.1 Å². The van der Waals surface area contributed by atoms with Crippen LogP contribution in [0.1, 0.15) is 19.8 Å². The van der Waals surface area contributed by atoms with E-state index in [1.54, 1.807) is 12.1 Å². The van der Waals surface area contributed by atoms with Crippen LogP contribution in [0.4, 0.5) is 5.69 Å². The molecular formula is C10H12Br2N2O2S. The number of hydrogen-bond acceptors (Lipinski definition) is 3. The van der Waals surface area contributed by atoms with Gasteiger partial charge >= 0.3 is 0 Å². The number of nitrogens with two attached hydrogens (primary N) is 1. The molecule has 1 fully saturated rings. The van der Waals surface area contributed by atoms with Gasteiger partial charge in [-0.05, 0) is 47.8 Å². The van der Waals surface area contributed by atoms with E-state index in [4.69, 9.17) is 5.73 Å². The van der Waals surface area contributed by atoms with Crippen molar-refractivity contribution in [3.05, 3.63) is 21.1 Å². The van der Waals surface area contributed by atoms with Crippen LogP contribution in [-0.2, 0) is 10.0 Å². The Bertz CT molecular complexity index is 545. The standard InChI is InChI=1S/C10H12Br2N2O2S/c1-10(2-3-10)14-17(15,16)9-7(12)4-6(11)5-8(9)13/h4-5,14H,2-3,13H2,1H3. The van der Waals surface area contributed by atoms with Gasteiger partial charge in [0, 0.05) is 14.5 Å². The molecule has 1 aliphatic rings. The van der Waals surface area contributed by atoms with Crippen molar-refractivity contribution in [2.24, 2.45) is 0 Å². The fourth-order valence-corrected chi connectivity index (χ4v) is 5.07. The minimum atomic E-state index is -3.58. The molecule has 0 unspecified atom stereocenters. The molecule has 0 amide bonds. The maximum absolute atomic E-state index is 12.2. The van der Waals surface area contributed by atoms with Gasteiger partial charge in [0.2, 0.25) is 10.0 Å². The third-order valence-electron chi connectivity index (χ3n) is 2.69. The van der Waals surface area contributed by atoms with Crippen molar-refractivity contribution in [1.29, 1.82) is 0 Å². The predicted molar refractivity (Wildman–Crippen MR) is 74.2 cm³/mol. The Hall–Kier alpha value is -0.110. The number of sulfonamides is 1. The SMILES string of the molecule is CC1(NS(=O)(=O)c2c(N)cc(Br)cc2Br)CC1. The van der Waals surface area contributed by atoms with E-state index >= 15 is 0 Å². The molecule has 0 aliphatic heterocycles. The van der Waals surface area contributed by atoms with Crippen LogP contribution in [0.2, 0.25) is 0 Å². The molecule has 1 saturated carbocycles. The Morgan fingerprint density at radius 1 is 1.35 bits per heavy atom. The minimum Gasteiger partial charge on any atom is -0.398 e. The lowest BCUT2D eigenvalue weighted by Crippen LogP contribution is -2.34. The summed E-state index contributed by atoms with van der Waals surface area (Å²) in [4.78, 5) is 0.105. The minimum absolute atomic E-state index is 0.105. The molecule has 3 N–H and O–H groups in total. The number of hydrogen-bond donors (Lipinski definition) is 2. The van der Waals surface area contributed by atoms with Crippen molar-refractivity contribution < 1.29 is 8.42 Å². The second-order valence-corrected chi connectivity index (χ2v) is 7.86.